The number of methoxy groups -OCH3 is 1. The first-order valence-electron chi connectivity index (χ1n) is 3.58. The van der Waals surface area contributed by atoms with Gasteiger partial charge in [0.05, 0.1) is 6.61 Å². The van der Waals surface area contributed by atoms with E-state index in [0.29, 0.717) is 5.92 Å². The minimum atomic E-state index is 0.641. The highest BCUT2D eigenvalue weighted by molar-refractivity contribution is 7.99. The fraction of sp³-hybridized carbons (Fsp3) is 1.00. The molecule has 0 aliphatic carbocycles. The van der Waals surface area contributed by atoms with Crippen LogP contribution in [0.2, 0.25) is 0 Å². The molecule has 0 radical (unpaired) electrons. The number of rotatable bonds is 6. The van der Waals surface area contributed by atoms with Crippen molar-refractivity contribution in [1.29, 1.82) is 0 Å². The molecule has 0 amide bonds. The smallest absolute Gasteiger partial charge is 0.0552 e. The summed E-state index contributed by atoms with van der Waals surface area (Å²) in [5, 5.41) is 0. The van der Waals surface area contributed by atoms with Gasteiger partial charge in [0, 0.05) is 12.9 Å². The summed E-state index contributed by atoms with van der Waals surface area (Å²) in [7, 11) is 1.73. The molecule has 2 N–H and O–H groups in total. The van der Waals surface area contributed by atoms with Crippen molar-refractivity contribution >= 4 is 11.8 Å². The van der Waals surface area contributed by atoms with Crippen molar-refractivity contribution in [3.63, 3.8) is 0 Å². The Kier molecular flexibility index (Phi) is 7.58. The molecule has 0 fully saturated rings. The van der Waals surface area contributed by atoms with Gasteiger partial charge in [0.1, 0.15) is 0 Å². The van der Waals surface area contributed by atoms with Crippen molar-refractivity contribution in [2.75, 3.05) is 31.8 Å². The van der Waals surface area contributed by atoms with Gasteiger partial charge in [0.25, 0.3) is 0 Å². The number of ether oxygens (including phenoxy) is 1. The molecule has 1 unspecified atom stereocenters. The van der Waals surface area contributed by atoms with Crippen LogP contribution in [0, 0.1) is 5.92 Å². The second kappa shape index (κ2) is 7.38. The van der Waals surface area contributed by atoms with Gasteiger partial charge in [-0.2, -0.15) is 11.8 Å². The van der Waals surface area contributed by atoms with Gasteiger partial charge in [0.15, 0.2) is 0 Å². The third-order valence-corrected chi connectivity index (χ3v) is 2.50. The van der Waals surface area contributed by atoms with E-state index in [1.165, 1.54) is 0 Å². The standard InChI is InChI=1S/C7H17NOS/c1-7(5-8)6-10-4-3-9-2/h7H,3-6,8H2,1-2H3. The summed E-state index contributed by atoms with van der Waals surface area (Å²) in [6.45, 7) is 3.81. The zero-order valence-electron chi connectivity index (χ0n) is 6.80. The summed E-state index contributed by atoms with van der Waals surface area (Å²) in [6, 6.07) is 0. The monoisotopic (exact) mass is 163 g/mol. The van der Waals surface area contributed by atoms with Crippen LogP contribution in [0.25, 0.3) is 0 Å². The number of hydrogen-bond donors (Lipinski definition) is 1. The predicted molar refractivity (Wildman–Crippen MR) is 47.4 cm³/mol. The lowest BCUT2D eigenvalue weighted by atomic mass is 10.2. The van der Waals surface area contributed by atoms with E-state index < -0.39 is 0 Å². The molecular formula is C7H17NOS. The Balaban J connectivity index is 2.89. The first kappa shape index (κ1) is 10.3. The molecule has 0 aromatic carbocycles. The Labute approximate surface area is 67.5 Å². The molecule has 0 aromatic heterocycles. The molecule has 0 heterocycles. The largest absolute Gasteiger partial charge is 0.384 e. The highest BCUT2D eigenvalue weighted by Gasteiger charge is 1.97. The third-order valence-electron chi connectivity index (χ3n) is 1.24. The predicted octanol–water partition coefficient (Wildman–Crippen LogP) is 0.961. The van der Waals surface area contributed by atoms with Crippen LogP contribution in [0.15, 0.2) is 0 Å². The van der Waals surface area contributed by atoms with Gasteiger partial charge in [-0.3, -0.25) is 0 Å². The van der Waals surface area contributed by atoms with Crippen LogP contribution in [-0.4, -0.2) is 31.8 Å². The van der Waals surface area contributed by atoms with Crippen LogP contribution in [-0.2, 0) is 4.74 Å². The van der Waals surface area contributed by atoms with Crippen LogP contribution >= 0.6 is 11.8 Å². The molecule has 0 saturated carbocycles. The lowest BCUT2D eigenvalue weighted by molar-refractivity contribution is 0.218. The van der Waals surface area contributed by atoms with E-state index in [4.69, 9.17) is 10.5 Å². The fourth-order valence-corrected chi connectivity index (χ4v) is 1.48. The van der Waals surface area contributed by atoms with Crippen LogP contribution < -0.4 is 5.73 Å². The molecule has 62 valence electrons. The maximum absolute atomic E-state index is 5.44. The number of hydrogen-bond acceptors (Lipinski definition) is 3. The zero-order valence-corrected chi connectivity index (χ0v) is 7.62. The van der Waals surface area contributed by atoms with Crippen molar-refractivity contribution in [2.45, 2.75) is 6.92 Å². The van der Waals surface area contributed by atoms with E-state index in [-0.39, 0.29) is 0 Å². The lowest BCUT2D eigenvalue weighted by Gasteiger charge is -2.06. The van der Waals surface area contributed by atoms with E-state index in [0.717, 1.165) is 24.7 Å². The van der Waals surface area contributed by atoms with Crippen LogP contribution in [0.3, 0.4) is 0 Å². The van der Waals surface area contributed by atoms with Crippen LogP contribution in [0.5, 0.6) is 0 Å². The molecule has 0 rings (SSSR count). The molecule has 0 aliphatic heterocycles. The summed E-state index contributed by atoms with van der Waals surface area (Å²) < 4.78 is 4.91. The Hall–Kier alpha value is 0.270. The number of thioether (sulfide) groups is 1. The SMILES string of the molecule is COCCSCC(C)CN. The van der Waals surface area contributed by atoms with E-state index in [9.17, 15) is 0 Å². The van der Waals surface area contributed by atoms with Crippen LogP contribution in [0.4, 0.5) is 0 Å². The highest BCUT2D eigenvalue weighted by Crippen LogP contribution is 2.05. The minimum absolute atomic E-state index is 0.641. The van der Waals surface area contributed by atoms with E-state index in [1.807, 2.05) is 11.8 Å². The van der Waals surface area contributed by atoms with Crippen molar-refractivity contribution in [3.8, 4) is 0 Å². The first-order chi connectivity index (χ1) is 4.81. The Bertz CT molecular complexity index is 70.6. The Morgan fingerprint density at radius 2 is 2.30 bits per heavy atom. The molecule has 10 heavy (non-hydrogen) atoms. The molecule has 2 nitrogen and oxygen atoms in total. The fourth-order valence-electron chi connectivity index (χ4n) is 0.495. The quantitative estimate of drug-likeness (QED) is 0.592. The zero-order chi connectivity index (χ0) is 7.82. The minimum Gasteiger partial charge on any atom is -0.384 e. The molecule has 0 spiro atoms. The molecular weight excluding hydrogens is 146 g/mol. The van der Waals surface area contributed by atoms with Gasteiger partial charge in [-0.1, -0.05) is 6.92 Å². The molecule has 3 heteroatoms. The summed E-state index contributed by atoms with van der Waals surface area (Å²) in [6.07, 6.45) is 0. The molecule has 0 aliphatic rings. The van der Waals surface area contributed by atoms with E-state index >= 15 is 0 Å². The van der Waals surface area contributed by atoms with Gasteiger partial charge in [-0.25, -0.2) is 0 Å². The van der Waals surface area contributed by atoms with Crippen molar-refractivity contribution < 1.29 is 4.74 Å². The summed E-state index contributed by atoms with van der Waals surface area (Å²) in [4.78, 5) is 0. The van der Waals surface area contributed by atoms with E-state index in [2.05, 4.69) is 6.92 Å². The lowest BCUT2D eigenvalue weighted by Crippen LogP contribution is -2.13. The van der Waals surface area contributed by atoms with Crippen LogP contribution in [0.1, 0.15) is 6.92 Å². The van der Waals surface area contributed by atoms with Gasteiger partial charge in [0.2, 0.25) is 0 Å². The average Bonchev–Trinajstić information content (AvgIpc) is 1.98. The summed E-state index contributed by atoms with van der Waals surface area (Å²) in [5.74, 6) is 2.88. The molecule has 1 atom stereocenters. The van der Waals surface area contributed by atoms with Crippen molar-refractivity contribution in [3.05, 3.63) is 0 Å². The first-order valence-corrected chi connectivity index (χ1v) is 4.73. The van der Waals surface area contributed by atoms with E-state index in [1.54, 1.807) is 7.11 Å². The Morgan fingerprint density at radius 3 is 2.80 bits per heavy atom. The maximum Gasteiger partial charge on any atom is 0.0552 e. The van der Waals surface area contributed by atoms with Gasteiger partial charge in [-0.15, -0.1) is 0 Å². The normalized spacial score (nSPS) is 13.5. The van der Waals surface area contributed by atoms with Crippen molar-refractivity contribution in [1.82, 2.24) is 0 Å². The Morgan fingerprint density at radius 1 is 1.60 bits per heavy atom. The second-order valence-corrected chi connectivity index (χ2v) is 3.56. The van der Waals surface area contributed by atoms with Gasteiger partial charge < -0.3 is 10.5 Å². The summed E-state index contributed by atoms with van der Waals surface area (Å²) >= 11 is 1.91. The molecule has 0 bridgehead atoms. The van der Waals surface area contributed by atoms with Crippen molar-refractivity contribution in [2.24, 2.45) is 11.7 Å². The summed E-state index contributed by atoms with van der Waals surface area (Å²) in [5.41, 5.74) is 5.44. The topological polar surface area (TPSA) is 35.2 Å². The second-order valence-electron chi connectivity index (χ2n) is 2.41. The molecule has 0 saturated heterocycles. The third kappa shape index (κ3) is 6.39. The maximum atomic E-state index is 5.44. The number of nitrogens with two attached hydrogens (primary N) is 1. The van der Waals surface area contributed by atoms with Gasteiger partial charge in [-0.05, 0) is 18.2 Å². The van der Waals surface area contributed by atoms with Gasteiger partial charge >= 0.3 is 0 Å². The molecule has 0 aromatic rings. The highest BCUT2D eigenvalue weighted by atomic mass is 32.2. The average molecular weight is 163 g/mol.